The molecular formula is C16H20N2O4S. The monoisotopic (exact) mass is 336 g/mol. The molecule has 2 heterocycles. The Labute approximate surface area is 136 Å². The lowest BCUT2D eigenvalue weighted by molar-refractivity contribution is 0.324. The van der Waals surface area contributed by atoms with Crippen molar-refractivity contribution in [3.63, 3.8) is 0 Å². The second kappa shape index (κ2) is 5.65. The van der Waals surface area contributed by atoms with Gasteiger partial charge in [0.25, 0.3) is 0 Å². The van der Waals surface area contributed by atoms with Crippen LogP contribution in [0.25, 0.3) is 0 Å². The van der Waals surface area contributed by atoms with Gasteiger partial charge in [0, 0.05) is 12.6 Å². The van der Waals surface area contributed by atoms with Crippen LogP contribution in [0.2, 0.25) is 0 Å². The van der Waals surface area contributed by atoms with Crippen molar-refractivity contribution < 1.29 is 17.7 Å². The number of aromatic nitrogens is 1. The first-order valence-electron chi connectivity index (χ1n) is 7.47. The Morgan fingerprint density at radius 2 is 2.09 bits per heavy atom. The lowest BCUT2D eigenvalue weighted by atomic mass is 9.95. The van der Waals surface area contributed by atoms with Crippen LogP contribution in [0.4, 0.5) is 0 Å². The number of hydrogen-bond donors (Lipinski definition) is 0. The molecule has 3 rings (SSSR count). The smallest absolute Gasteiger partial charge is 0.249 e. The van der Waals surface area contributed by atoms with Gasteiger partial charge in [0.15, 0.2) is 5.76 Å². The Morgan fingerprint density at radius 3 is 2.70 bits per heavy atom. The SMILES string of the molecule is COc1ccc2c(c1)CCN(S(=O)(=O)c1c(C)noc1C)C2C. The van der Waals surface area contributed by atoms with Gasteiger partial charge in [0.1, 0.15) is 16.3 Å². The van der Waals surface area contributed by atoms with E-state index in [4.69, 9.17) is 9.26 Å². The molecule has 1 atom stereocenters. The van der Waals surface area contributed by atoms with Crippen molar-refractivity contribution in [2.75, 3.05) is 13.7 Å². The number of benzene rings is 1. The van der Waals surface area contributed by atoms with Crippen molar-refractivity contribution in [1.82, 2.24) is 9.46 Å². The van der Waals surface area contributed by atoms with Gasteiger partial charge in [0.05, 0.1) is 7.11 Å². The summed E-state index contributed by atoms with van der Waals surface area (Å²) in [5.41, 5.74) is 2.53. The highest BCUT2D eigenvalue weighted by atomic mass is 32.2. The van der Waals surface area contributed by atoms with Crippen LogP contribution in [-0.2, 0) is 16.4 Å². The number of aryl methyl sites for hydroxylation is 2. The van der Waals surface area contributed by atoms with Gasteiger partial charge in [-0.15, -0.1) is 0 Å². The van der Waals surface area contributed by atoms with E-state index in [1.165, 1.54) is 4.31 Å². The minimum absolute atomic E-state index is 0.182. The number of nitrogens with zero attached hydrogens (tertiary/aromatic N) is 2. The third-order valence-electron chi connectivity index (χ3n) is 4.37. The zero-order valence-electron chi connectivity index (χ0n) is 13.7. The molecule has 1 aromatic carbocycles. The summed E-state index contributed by atoms with van der Waals surface area (Å²) < 4.78 is 37.9. The van der Waals surface area contributed by atoms with Gasteiger partial charge in [-0.05, 0) is 50.5 Å². The molecule has 2 aromatic rings. The van der Waals surface area contributed by atoms with E-state index in [0.717, 1.165) is 16.9 Å². The Morgan fingerprint density at radius 1 is 1.35 bits per heavy atom. The second-order valence-corrected chi connectivity index (χ2v) is 7.59. The largest absolute Gasteiger partial charge is 0.497 e. The summed E-state index contributed by atoms with van der Waals surface area (Å²) in [6, 6.07) is 5.53. The molecule has 0 bridgehead atoms. The lowest BCUT2D eigenvalue weighted by Gasteiger charge is -2.34. The molecule has 1 unspecified atom stereocenters. The predicted octanol–water partition coefficient (Wildman–Crippen LogP) is 2.61. The highest BCUT2D eigenvalue weighted by Gasteiger charge is 2.37. The molecule has 0 radical (unpaired) electrons. The third-order valence-corrected chi connectivity index (χ3v) is 6.58. The van der Waals surface area contributed by atoms with E-state index >= 15 is 0 Å². The zero-order valence-corrected chi connectivity index (χ0v) is 14.5. The normalized spacial score (nSPS) is 18.7. The maximum Gasteiger partial charge on any atom is 0.249 e. The van der Waals surface area contributed by atoms with Gasteiger partial charge in [-0.1, -0.05) is 11.2 Å². The van der Waals surface area contributed by atoms with Crippen LogP contribution in [0.15, 0.2) is 27.6 Å². The Balaban J connectivity index is 2.02. The van der Waals surface area contributed by atoms with Gasteiger partial charge < -0.3 is 9.26 Å². The van der Waals surface area contributed by atoms with E-state index < -0.39 is 10.0 Å². The van der Waals surface area contributed by atoms with E-state index in [1.54, 1.807) is 21.0 Å². The average Bonchev–Trinajstić information content (AvgIpc) is 2.86. The molecule has 1 aliphatic heterocycles. The van der Waals surface area contributed by atoms with E-state index in [1.807, 2.05) is 25.1 Å². The summed E-state index contributed by atoms with van der Waals surface area (Å²) in [5.74, 6) is 1.12. The number of fused-ring (bicyclic) bond motifs is 1. The fourth-order valence-electron chi connectivity index (χ4n) is 3.20. The first-order valence-corrected chi connectivity index (χ1v) is 8.91. The Hall–Kier alpha value is -1.86. The maximum absolute atomic E-state index is 13.0. The van der Waals surface area contributed by atoms with Gasteiger partial charge in [-0.2, -0.15) is 4.31 Å². The standard InChI is InChI=1S/C16H20N2O4S/c1-10-16(12(3)22-17-10)23(19,20)18-8-7-13-9-14(21-4)5-6-15(13)11(18)2/h5-6,9,11H,7-8H2,1-4H3. The van der Waals surface area contributed by atoms with Crippen molar-refractivity contribution in [2.45, 2.75) is 38.1 Å². The van der Waals surface area contributed by atoms with Crippen molar-refractivity contribution in [3.8, 4) is 5.75 Å². The number of hydrogen-bond acceptors (Lipinski definition) is 5. The first kappa shape index (κ1) is 16.0. The fraction of sp³-hybridized carbons (Fsp3) is 0.438. The lowest BCUT2D eigenvalue weighted by Crippen LogP contribution is -2.39. The number of ether oxygens (including phenoxy) is 1. The van der Waals surface area contributed by atoms with Crippen molar-refractivity contribution >= 4 is 10.0 Å². The van der Waals surface area contributed by atoms with E-state index in [-0.39, 0.29) is 10.9 Å². The molecule has 0 saturated heterocycles. The molecule has 0 aliphatic carbocycles. The van der Waals surface area contributed by atoms with Crippen LogP contribution in [0, 0.1) is 13.8 Å². The van der Waals surface area contributed by atoms with E-state index in [0.29, 0.717) is 24.4 Å². The Bertz CT molecular complexity index is 822. The highest BCUT2D eigenvalue weighted by Crippen LogP contribution is 2.36. The number of sulfonamides is 1. The Kier molecular flexibility index (Phi) is 3.93. The fourth-order valence-corrected chi connectivity index (χ4v) is 5.11. The van der Waals surface area contributed by atoms with Crippen LogP contribution in [0.3, 0.4) is 0 Å². The van der Waals surface area contributed by atoms with Crippen LogP contribution in [0.5, 0.6) is 5.75 Å². The molecular weight excluding hydrogens is 316 g/mol. The van der Waals surface area contributed by atoms with Gasteiger partial charge in [0.2, 0.25) is 10.0 Å². The third kappa shape index (κ3) is 2.53. The van der Waals surface area contributed by atoms with Crippen LogP contribution < -0.4 is 4.74 Å². The van der Waals surface area contributed by atoms with Crippen molar-refractivity contribution in [1.29, 1.82) is 0 Å². The molecule has 0 amide bonds. The minimum atomic E-state index is -3.64. The van der Waals surface area contributed by atoms with Crippen LogP contribution in [0.1, 0.15) is 35.5 Å². The van der Waals surface area contributed by atoms with E-state index in [2.05, 4.69) is 5.16 Å². The molecule has 6 nitrogen and oxygen atoms in total. The molecule has 1 aliphatic rings. The van der Waals surface area contributed by atoms with Gasteiger partial charge in [-0.3, -0.25) is 0 Å². The topological polar surface area (TPSA) is 72.6 Å². The molecule has 0 N–H and O–H groups in total. The summed E-state index contributed by atoms with van der Waals surface area (Å²) in [4.78, 5) is 0.182. The predicted molar refractivity (Wildman–Crippen MR) is 85.0 cm³/mol. The molecule has 1 aromatic heterocycles. The van der Waals surface area contributed by atoms with Crippen LogP contribution >= 0.6 is 0 Å². The summed E-state index contributed by atoms with van der Waals surface area (Å²) in [7, 11) is -2.01. The summed E-state index contributed by atoms with van der Waals surface area (Å²) in [5, 5.41) is 3.77. The number of rotatable bonds is 3. The quantitative estimate of drug-likeness (QED) is 0.861. The highest BCUT2D eigenvalue weighted by molar-refractivity contribution is 7.89. The second-order valence-electron chi connectivity index (χ2n) is 5.76. The summed E-state index contributed by atoms with van der Waals surface area (Å²) >= 11 is 0. The minimum Gasteiger partial charge on any atom is -0.497 e. The molecule has 0 saturated carbocycles. The molecule has 0 fully saturated rings. The molecule has 23 heavy (non-hydrogen) atoms. The van der Waals surface area contributed by atoms with Crippen molar-refractivity contribution in [3.05, 3.63) is 40.8 Å². The van der Waals surface area contributed by atoms with Crippen LogP contribution in [-0.4, -0.2) is 31.5 Å². The average molecular weight is 336 g/mol. The first-order chi connectivity index (χ1) is 10.9. The zero-order chi connectivity index (χ0) is 16.8. The van der Waals surface area contributed by atoms with Gasteiger partial charge in [-0.25, -0.2) is 8.42 Å². The molecule has 124 valence electrons. The molecule has 0 spiro atoms. The summed E-state index contributed by atoms with van der Waals surface area (Å²) in [6.07, 6.45) is 0.652. The molecule has 7 heteroatoms. The van der Waals surface area contributed by atoms with E-state index in [9.17, 15) is 8.42 Å². The van der Waals surface area contributed by atoms with Crippen molar-refractivity contribution in [2.24, 2.45) is 0 Å². The maximum atomic E-state index is 13.0. The van der Waals surface area contributed by atoms with Gasteiger partial charge >= 0.3 is 0 Å². The number of methoxy groups -OCH3 is 1. The summed E-state index contributed by atoms with van der Waals surface area (Å²) in [6.45, 7) is 5.60.